The molecule has 1 unspecified atom stereocenters. The summed E-state index contributed by atoms with van der Waals surface area (Å²) in [6, 6.07) is 1.83. The van der Waals surface area contributed by atoms with E-state index in [4.69, 9.17) is 5.73 Å². The molecular formula is C11H16BrN3O. The van der Waals surface area contributed by atoms with Crippen molar-refractivity contribution in [3.63, 3.8) is 0 Å². The molecule has 0 aromatic carbocycles. The normalized spacial score (nSPS) is 12.2. The number of anilines is 1. The van der Waals surface area contributed by atoms with Crippen molar-refractivity contribution >= 4 is 27.7 Å². The third-order valence-electron chi connectivity index (χ3n) is 2.23. The topological polar surface area (TPSA) is 68.0 Å². The summed E-state index contributed by atoms with van der Waals surface area (Å²) in [5, 5.41) is 2.89. The fourth-order valence-corrected chi connectivity index (χ4v) is 1.77. The number of nitrogens with one attached hydrogen (secondary N) is 1. The molecule has 1 atom stereocenters. The van der Waals surface area contributed by atoms with E-state index in [1.165, 1.54) is 0 Å². The summed E-state index contributed by atoms with van der Waals surface area (Å²) in [4.78, 5) is 15.8. The lowest BCUT2D eigenvalue weighted by Gasteiger charge is -2.13. The second kappa shape index (κ2) is 5.84. The standard InChI is InChI=1S/C11H16BrN3O/c1-3-4-7(2)15-11(16)9-5-8(12)6-14-10(9)13/h5-7H,3-4H2,1-2H3,(H2,13,14)(H,15,16). The van der Waals surface area contributed by atoms with E-state index >= 15 is 0 Å². The van der Waals surface area contributed by atoms with Gasteiger partial charge in [-0.05, 0) is 35.3 Å². The highest BCUT2D eigenvalue weighted by molar-refractivity contribution is 9.10. The summed E-state index contributed by atoms with van der Waals surface area (Å²) < 4.78 is 0.745. The van der Waals surface area contributed by atoms with Crippen LogP contribution in [0.5, 0.6) is 0 Å². The van der Waals surface area contributed by atoms with Gasteiger partial charge in [0.15, 0.2) is 0 Å². The van der Waals surface area contributed by atoms with Crippen LogP contribution in [0.1, 0.15) is 37.0 Å². The lowest BCUT2D eigenvalue weighted by Crippen LogP contribution is -2.33. The molecule has 1 aromatic rings. The number of rotatable bonds is 4. The number of hydrogen-bond acceptors (Lipinski definition) is 3. The Balaban J connectivity index is 2.76. The van der Waals surface area contributed by atoms with Crippen molar-refractivity contribution in [1.29, 1.82) is 0 Å². The molecule has 0 aliphatic rings. The minimum atomic E-state index is -0.174. The summed E-state index contributed by atoms with van der Waals surface area (Å²) in [5.74, 6) is 0.0802. The van der Waals surface area contributed by atoms with Crippen molar-refractivity contribution in [2.24, 2.45) is 0 Å². The molecule has 0 saturated carbocycles. The predicted octanol–water partition coefficient (Wildman–Crippen LogP) is 2.34. The molecule has 0 aliphatic heterocycles. The van der Waals surface area contributed by atoms with Crippen molar-refractivity contribution in [3.05, 3.63) is 22.3 Å². The minimum Gasteiger partial charge on any atom is -0.383 e. The van der Waals surface area contributed by atoms with Crippen molar-refractivity contribution in [2.45, 2.75) is 32.7 Å². The van der Waals surface area contributed by atoms with E-state index < -0.39 is 0 Å². The molecule has 1 heterocycles. The quantitative estimate of drug-likeness (QED) is 0.892. The molecule has 4 nitrogen and oxygen atoms in total. The number of carbonyl (C=O) groups is 1. The van der Waals surface area contributed by atoms with Gasteiger partial charge in [0, 0.05) is 16.7 Å². The molecule has 0 spiro atoms. The lowest BCUT2D eigenvalue weighted by molar-refractivity contribution is 0.0939. The number of halogens is 1. The highest BCUT2D eigenvalue weighted by Gasteiger charge is 2.13. The van der Waals surface area contributed by atoms with Gasteiger partial charge in [0.05, 0.1) is 5.56 Å². The maximum Gasteiger partial charge on any atom is 0.255 e. The van der Waals surface area contributed by atoms with Crippen LogP contribution in [0, 0.1) is 0 Å². The second-order valence-electron chi connectivity index (χ2n) is 3.75. The Kier molecular flexibility index (Phi) is 4.73. The van der Waals surface area contributed by atoms with Gasteiger partial charge in [-0.2, -0.15) is 0 Å². The largest absolute Gasteiger partial charge is 0.383 e. The van der Waals surface area contributed by atoms with Crippen LogP contribution in [0.15, 0.2) is 16.7 Å². The van der Waals surface area contributed by atoms with E-state index in [0.29, 0.717) is 5.56 Å². The number of carbonyl (C=O) groups excluding carboxylic acids is 1. The minimum absolute atomic E-state index is 0.149. The van der Waals surface area contributed by atoms with Crippen molar-refractivity contribution in [1.82, 2.24) is 10.3 Å². The number of nitrogens with two attached hydrogens (primary N) is 1. The summed E-state index contributed by atoms with van der Waals surface area (Å²) >= 11 is 3.26. The molecule has 0 saturated heterocycles. The monoisotopic (exact) mass is 285 g/mol. The zero-order chi connectivity index (χ0) is 12.1. The highest BCUT2D eigenvalue weighted by atomic mass is 79.9. The lowest BCUT2D eigenvalue weighted by atomic mass is 10.1. The van der Waals surface area contributed by atoms with Gasteiger partial charge in [-0.1, -0.05) is 13.3 Å². The van der Waals surface area contributed by atoms with Crippen LogP contribution in [-0.2, 0) is 0 Å². The average molecular weight is 286 g/mol. The SMILES string of the molecule is CCCC(C)NC(=O)c1cc(Br)cnc1N. The van der Waals surface area contributed by atoms with Gasteiger partial charge in [-0.25, -0.2) is 4.98 Å². The first kappa shape index (κ1) is 13.0. The van der Waals surface area contributed by atoms with E-state index in [0.717, 1.165) is 17.3 Å². The smallest absolute Gasteiger partial charge is 0.255 e. The Labute approximate surface area is 104 Å². The van der Waals surface area contributed by atoms with Crippen LogP contribution in [0.3, 0.4) is 0 Å². The number of nitrogen functional groups attached to an aromatic ring is 1. The van der Waals surface area contributed by atoms with E-state index in [-0.39, 0.29) is 17.8 Å². The summed E-state index contributed by atoms with van der Waals surface area (Å²) in [6.45, 7) is 4.06. The van der Waals surface area contributed by atoms with Crippen molar-refractivity contribution < 1.29 is 4.79 Å². The zero-order valence-corrected chi connectivity index (χ0v) is 11.0. The molecule has 1 amide bonds. The summed E-state index contributed by atoms with van der Waals surface area (Å²) in [6.07, 6.45) is 3.56. The van der Waals surface area contributed by atoms with E-state index in [1.54, 1.807) is 12.3 Å². The first-order valence-electron chi connectivity index (χ1n) is 5.26. The molecule has 1 rings (SSSR count). The van der Waals surface area contributed by atoms with Crippen LogP contribution >= 0.6 is 15.9 Å². The molecule has 1 aromatic heterocycles. The van der Waals surface area contributed by atoms with E-state index in [2.05, 4.69) is 33.2 Å². The highest BCUT2D eigenvalue weighted by Crippen LogP contribution is 2.15. The van der Waals surface area contributed by atoms with Gasteiger partial charge in [-0.15, -0.1) is 0 Å². The Morgan fingerprint density at radius 3 is 3.00 bits per heavy atom. The Hall–Kier alpha value is -1.10. The molecule has 16 heavy (non-hydrogen) atoms. The molecule has 88 valence electrons. The fraction of sp³-hybridized carbons (Fsp3) is 0.455. The summed E-state index contributed by atoms with van der Waals surface area (Å²) in [5.41, 5.74) is 6.06. The first-order chi connectivity index (χ1) is 7.54. The maximum absolute atomic E-state index is 11.9. The van der Waals surface area contributed by atoms with Gasteiger partial charge in [0.25, 0.3) is 5.91 Å². The summed E-state index contributed by atoms with van der Waals surface area (Å²) in [7, 11) is 0. The molecule has 0 aliphatic carbocycles. The van der Waals surface area contributed by atoms with Crippen LogP contribution in [0.4, 0.5) is 5.82 Å². The molecule has 5 heteroatoms. The van der Waals surface area contributed by atoms with Crippen LogP contribution in [0.2, 0.25) is 0 Å². The van der Waals surface area contributed by atoms with Crippen LogP contribution < -0.4 is 11.1 Å². The molecule has 0 fully saturated rings. The van der Waals surface area contributed by atoms with Crippen LogP contribution in [-0.4, -0.2) is 16.9 Å². The Bertz CT molecular complexity index is 381. The average Bonchev–Trinajstić information content (AvgIpc) is 2.21. The molecule has 0 bridgehead atoms. The Morgan fingerprint density at radius 1 is 1.69 bits per heavy atom. The van der Waals surface area contributed by atoms with Crippen molar-refractivity contribution in [2.75, 3.05) is 5.73 Å². The van der Waals surface area contributed by atoms with Crippen molar-refractivity contribution in [3.8, 4) is 0 Å². The van der Waals surface area contributed by atoms with Gasteiger partial charge >= 0.3 is 0 Å². The Morgan fingerprint density at radius 2 is 2.38 bits per heavy atom. The van der Waals surface area contributed by atoms with Gasteiger partial charge in [0.2, 0.25) is 0 Å². The first-order valence-corrected chi connectivity index (χ1v) is 6.05. The molecule has 0 radical (unpaired) electrons. The maximum atomic E-state index is 11.9. The van der Waals surface area contributed by atoms with Gasteiger partial charge < -0.3 is 11.1 Å². The third-order valence-corrected chi connectivity index (χ3v) is 2.66. The number of hydrogen-bond donors (Lipinski definition) is 2. The second-order valence-corrected chi connectivity index (χ2v) is 4.67. The molecular weight excluding hydrogens is 270 g/mol. The number of pyridine rings is 1. The zero-order valence-electron chi connectivity index (χ0n) is 9.46. The number of aromatic nitrogens is 1. The number of amides is 1. The number of nitrogens with zero attached hydrogens (tertiary/aromatic N) is 1. The van der Waals surface area contributed by atoms with Gasteiger partial charge in [0.1, 0.15) is 5.82 Å². The third kappa shape index (κ3) is 3.48. The fourth-order valence-electron chi connectivity index (χ4n) is 1.44. The van der Waals surface area contributed by atoms with E-state index in [9.17, 15) is 4.79 Å². The predicted molar refractivity (Wildman–Crippen MR) is 68.2 cm³/mol. The van der Waals surface area contributed by atoms with E-state index in [1.807, 2.05) is 6.92 Å². The molecule has 3 N–H and O–H groups in total. The van der Waals surface area contributed by atoms with Crippen LogP contribution in [0.25, 0.3) is 0 Å². The van der Waals surface area contributed by atoms with Gasteiger partial charge in [-0.3, -0.25) is 4.79 Å².